The molecule has 0 amide bonds. The van der Waals surface area contributed by atoms with Crippen LogP contribution in [0.25, 0.3) is 0 Å². The molecule has 1 heterocycles. The van der Waals surface area contributed by atoms with E-state index in [1.165, 1.54) is 22.8 Å². The molecular weight excluding hydrogens is 421 g/mol. The van der Waals surface area contributed by atoms with Crippen LogP contribution in [0.2, 0.25) is 10.6 Å². The fourth-order valence-corrected chi connectivity index (χ4v) is 14.5. The summed E-state index contributed by atoms with van der Waals surface area (Å²) in [4.78, 5) is 22.6. The molecule has 1 saturated heterocycles. The third-order valence-corrected chi connectivity index (χ3v) is 13.9. The van der Waals surface area contributed by atoms with Crippen LogP contribution in [0.5, 0.6) is 0 Å². The molecule has 1 aliphatic heterocycles. The van der Waals surface area contributed by atoms with Crippen LogP contribution in [-0.2, 0) is 9.59 Å². The molecule has 0 aliphatic carbocycles. The van der Waals surface area contributed by atoms with Crippen molar-refractivity contribution >= 4 is 66.0 Å². The predicted molar refractivity (Wildman–Crippen MR) is 72.5 cm³/mol. The summed E-state index contributed by atoms with van der Waals surface area (Å²) in [6.45, 7) is 7.01. The molecule has 2 nitrogen and oxygen atoms in total. The van der Waals surface area contributed by atoms with Gasteiger partial charge in [0.1, 0.15) is 0 Å². The van der Waals surface area contributed by atoms with E-state index in [9.17, 15) is 9.59 Å². The monoisotopic (exact) mass is 436 g/mol. The van der Waals surface area contributed by atoms with E-state index in [1.807, 2.05) is 11.8 Å². The fourth-order valence-electron chi connectivity index (χ4n) is 0.987. The Balaban J connectivity index is 2.40. The summed E-state index contributed by atoms with van der Waals surface area (Å²) in [5.74, 6) is 0. The van der Waals surface area contributed by atoms with Crippen LogP contribution in [0.1, 0.15) is 0 Å². The van der Waals surface area contributed by atoms with Gasteiger partial charge in [-0.05, 0) is 0 Å². The van der Waals surface area contributed by atoms with Gasteiger partial charge in [-0.3, -0.25) is 0 Å². The van der Waals surface area contributed by atoms with E-state index in [0.29, 0.717) is 23.3 Å². The van der Waals surface area contributed by atoms with Crippen molar-refractivity contribution in [1.82, 2.24) is 0 Å². The van der Waals surface area contributed by atoms with Gasteiger partial charge in [-0.1, -0.05) is 0 Å². The molecule has 1 rings (SSSR count). The minimum absolute atomic E-state index is 0.0140. The molecule has 0 radical (unpaired) electrons. The Labute approximate surface area is 119 Å². The van der Waals surface area contributed by atoms with Gasteiger partial charge in [0.25, 0.3) is 0 Å². The third kappa shape index (κ3) is 5.37. The minimum atomic E-state index is 0.0140. The van der Waals surface area contributed by atoms with Gasteiger partial charge in [-0.15, -0.1) is 0 Å². The van der Waals surface area contributed by atoms with Crippen LogP contribution in [0.15, 0.2) is 25.3 Å². The molecule has 0 aromatic rings. The third-order valence-electron chi connectivity index (χ3n) is 1.64. The Bertz CT molecular complexity index is 278. The summed E-state index contributed by atoms with van der Waals surface area (Å²) in [5.41, 5.74) is 0. The zero-order chi connectivity index (χ0) is 12.0. The van der Waals surface area contributed by atoms with Crippen molar-refractivity contribution in [3.8, 4) is 0 Å². The average molecular weight is 433 g/mol. The summed E-state index contributed by atoms with van der Waals surface area (Å²) >= 11 is 2.49. The molecule has 0 bridgehead atoms. The van der Waals surface area contributed by atoms with Gasteiger partial charge >= 0.3 is 120 Å². The molecule has 2 unspecified atom stereocenters. The zero-order valence-corrected chi connectivity index (χ0v) is 14.5. The standard InChI is InChI=1S/C10H12O2SSe3/c1-3-7(11)15-9-5-14-6-10(13-9)16-8(12)4-2/h3-4,9-10H,1-2,5-6H2. The van der Waals surface area contributed by atoms with Crippen molar-refractivity contribution in [2.75, 3.05) is 0 Å². The van der Waals surface area contributed by atoms with Crippen LogP contribution in [0.4, 0.5) is 0 Å². The molecule has 1 fully saturated rings. The van der Waals surface area contributed by atoms with Gasteiger partial charge in [0.15, 0.2) is 0 Å². The molecule has 0 saturated carbocycles. The van der Waals surface area contributed by atoms with Gasteiger partial charge in [0.2, 0.25) is 0 Å². The first-order valence-corrected chi connectivity index (χ1v) is 11.6. The number of carbonyl (C=O) groups is 2. The van der Waals surface area contributed by atoms with E-state index in [1.54, 1.807) is 0 Å². The fraction of sp³-hybridized carbons (Fsp3) is 0.400. The molecule has 6 heteroatoms. The first-order valence-electron chi connectivity index (χ1n) is 4.55. The van der Waals surface area contributed by atoms with Crippen LogP contribution >= 0.6 is 11.8 Å². The molecule has 88 valence electrons. The Morgan fingerprint density at radius 1 is 1.12 bits per heavy atom. The summed E-state index contributed by atoms with van der Waals surface area (Å²) in [6.07, 6.45) is 2.86. The van der Waals surface area contributed by atoms with Crippen molar-refractivity contribution in [2.24, 2.45) is 0 Å². The number of hydrogen-bond acceptors (Lipinski definition) is 3. The summed E-state index contributed by atoms with van der Waals surface area (Å²) in [5, 5.41) is 2.35. The number of allylic oxidation sites excluding steroid dienone is 2. The van der Waals surface area contributed by atoms with Crippen LogP contribution in [0, 0.1) is 0 Å². The average Bonchev–Trinajstić information content (AvgIpc) is 2.29. The van der Waals surface area contributed by atoms with Crippen LogP contribution < -0.4 is 0 Å². The van der Waals surface area contributed by atoms with E-state index in [2.05, 4.69) is 13.2 Å². The maximum absolute atomic E-state index is 11.3. The van der Waals surface area contributed by atoms with Gasteiger partial charge in [-0.25, -0.2) is 0 Å². The van der Waals surface area contributed by atoms with E-state index >= 15 is 0 Å². The Kier molecular flexibility index (Phi) is 7.34. The Morgan fingerprint density at radius 2 is 1.56 bits per heavy atom. The summed E-state index contributed by atoms with van der Waals surface area (Å²) in [6, 6.07) is 0. The normalized spacial score (nSPS) is 24.8. The second-order valence-electron chi connectivity index (χ2n) is 2.81. The quantitative estimate of drug-likeness (QED) is 0.459. The van der Waals surface area contributed by atoms with Crippen molar-refractivity contribution in [3.63, 3.8) is 0 Å². The first-order chi connectivity index (χ1) is 7.65. The van der Waals surface area contributed by atoms with E-state index in [-0.39, 0.29) is 39.3 Å². The molecule has 0 N–H and O–H groups in total. The SMILES string of the molecule is C=CC(=O)[Se]C1C[Se]CC([Se]C(=O)C=C)S1. The molecular formula is C10H12O2SSe3. The number of carbonyl (C=O) groups excluding carboxylic acids is 2. The van der Waals surface area contributed by atoms with Gasteiger partial charge in [0.05, 0.1) is 0 Å². The predicted octanol–water partition coefficient (Wildman–Crippen LogP) is 0.760. The Hall–Kier alpha value is 0.728. The van der Waals surface area contributed by atoms with Gasteiger partial charge < -0.3 is 0 Å². The van der Waals surface area contributed by atoms with E-state index in [0.717, 1.165) is 0 Å². The summed E-state index contributed by atoms with van der Waals surface area (Å²) in [7, 11) is 0. The molecule has 0 aromatic carbocycles. The molecule has 1 aliphatic rings. The van der Waals surface area contributed by atoms with Crippen molar-refractivity contribution < 1.29 is 9.59 Å². The second kappa shape index (κ2) is 7.94. The van der Waals surface area contributed by atoms with Gasteiger partial charge in [0, 0.05) is 0 Å². The maximum atomic E-state index is 11.3. The molecule has 0 spiro atoms. The molecule has 16 heavy (non-hydrogen) atoms. The van der Waals surface area contributed by atoms with Crippen molar-refractivity contribution in [2.45, 2.75) is 18.9 Å². The number of hydrogen-bond donors (Lipinski definition) is 0. The van der Waals surface area contributed by atoms with Gasteiger partial charge in [-0.2, -0.15) is 0 Å². The van der Waals surface area contributed by atoms with Crippen molar-refractivity contribution in [1.29, 1.82) is 0 Å². The van der Waals surface area contributed by atoms with E-state index < -0.39 is 0 Å². The topological polar surface area (TPSA) is 34.1 Å². The molecule has 0 aromatic heterocycles. The van der Waals surface area contributed by atoms with Crippen LogP contribution in [0.3, 0.4) is 0 Å². The first kappa shape index (κ1) is 14.8. The Morgan fingerprint density at radius 3 is 1.94 bits per heavy atom. The number of rotatable bonds is 6. The van der Waals surface area contributed by atoms with Crippen LogP contribution in [-0.4, -0.2) is 62.5 Å². The second-order valence-corrected chi connectivity index (χ2v) is 12.9. The zero-order valence-electron chi connectivity index (χ0n) is 8.59. The summed E-state index contributed by atoms with van der Waals surface area (Å²) < 4.78 is 1.31. The number of thioether (sulfide) groups is 1. The van der Waals surface area contributed by atoms with Crippen molar-refractivity contribution in [3.05, 3.63) is 25.3 Å². The van der Waals surface area contributed by atoms with E-state index in [4.69, 9.17) is 0 Å². The molecule has 2 atom stereocenters.